The van der Waals surface area contributed by atoms with Crippen molar-refractivity contribution in [2.24, 2.45) is 5.73 Å². The van der Waals surface area contributed by atoms with Gasteiger partial charge in [0.05, 0.1) is 5.56 Å². The molecule has 0 spiro atoms. The summed E-state index contributed by atoms with van der Waals surface area (Å²) in [4.78, 5) is 11.6. The summed E-state index contributed by atoms with van der Waals surface area (Å²) in [6.07, 6.45) is 0. The lowest BCUT2D eigenvalue weighted by atomic mass is 10.2. The molecule has 0 fully saturated rings. The van der Waals surface area contributed by atoms with E-state index >= 15 is 0 Å². The van der Waals surface area contributed by atoms with Crippen molar-refractivity contribution in [2.45, 2.75) is 0 Å². The Morgan fingerprint density at radius 2 is 2.13 bits per heavy atom. The number of rotatable bonds is 1. The second-order valence-electron chi connectivity index (χ2n) is 2.57. The fourth-order valence-corrected chi connectivity index (χ4v) is 1.83. The molecule has 7 heteroatoms. The molecule has 0 saturated carbocycles. The zero-order valence-electron chi connectivity index (χ0n) is 7.38. The molecule has 0 aliphatic carbocycles. The smallest absolute Gasteiger partial charge is 0.270 e. The minimum Gasteiger partial charge on any atom is -0.375 e. The molecule has 1 aromatic rings. The summed E-state index contributed by atoms with van der Waals surface area (Å²) in [6, 6.07) is 5.45. The van der Waals surface area contributed by atoms with E-state index in [9.17, 15) is 4.79 Å². The Bertz CT molecular complexity index is 413. The molecule has 0 aliphatic rings. The van der Waals surface area contributed by atoms with Crippen LogP contribution in [0, 0.1) is 3.57 Å². The van der Waals surface area contributed by atoms with Crippen LogP contribution in [0.5, 0.6) is 0 Å². The van der Waals surface area contributed by atoms with Crippen LogP contribution in [0.2, 0.25) is 0 Å². The van der Waals surface area contributed by atoms with Crippen LogP contribution >= 0.6 is 50.7 Å². The third kappa shape index (κ3) is 3.92. The standard InChI is InChI=1S/C8H7BrIN3OS/c9-6-2-1-4(10)3-5(6)7(14)12-13-8(11)15/h1-3H,(H,12,14)(H3,11,13,15). The Hall–Kier alpha value is -0.410. The highest BCUT2D eigenvalue weighted by Crippen LogP contribution is 2.19. The van der Waals surface area contributed by atoms with Gasteiger partial charge in [-0.15, -0.1) is 0 Å². The Labute approximate surface area is 114 Å². The number of hydrogen-bond acceptors (Lipinski definition) is 2. The zero-order valence-corrected chi connectivity index (χ0v) is 11.9. The molecular formula is C8H7BrIN3OS. The number of carbonyl (C=O) groups excluding carboxylic acids is 1. The Balaban J connectivity index is 2.81. The van der Waals surface area contributed by atoms with E-state index in [0.717, 1.165) is 3.57 Å². The van der Waals surface area contributed by atoms with E-state index < -0.39 is 0 Å². The Morgan fingerprint density at radius 3 is 2.73 bits per heavy atom. The van der Waals surface area contributed by atoms with Crippen molar-refractivity contribution >= 4 is 61.8 Å². The maximum atomic E-state index is 11.6. The number of nitrogens with one attached hydrogen (secondary N) is 2. The summed E-state index contributed by atoms with van der Waals surface area (Å²) in [7, 11) is 0. The van der Waals surface area contributed by atoms with E-state index in [2.05, 4.69) is 61.6 Å². The Kier molecular flexibility index (Phi) is 4.74. The van der Waals surface area contributed by atoms with Crippen LogP contribution in [0.15, 0.2) is 22.7 Å². The highest BCUT2D eigenvalue weighted by molar-refractivity contribution is 14.1. The molecule has 0 saturated heterocycles. The fraction of sp³-hybridized carbons (Fsp3) is 0. The number of thiocarbonyl (C=S) groups is 1. The first-order chi connectivity index (χ1) is 7.00. The Morgan fingerprint density at radius 1 is 1.47 bits per heavy atom. The molecule has 4 nitrogen and oxygen atoms in total. The van der Waals surface area contributed by atoms with Crippen LogP contribution in [0.1, 0.15) is 10.4 Å². The molecule has 0 bridgehead atoms. The van der Waals surface area contributed by atoms with Gasteiger partial charge in [0.1, 0.15) is 0 Å². The van der Waals surface area contributed by atoms with Crippen molar-refractivity contribution in [3.8, 4) is 0 Å². The van der Waals surface area contributed by atoms with Gasteiger partial charge in [-0.25, -0.2) is 0 Å². The molecule has 0 aliphatic heterocycles. The summed E-state index contributed by atoms with van der Waals surface area (Å²) >= 11 is 9.97. The number of nitrogens with two attached hydrogens (primary N) is 1. The first-order valence-electron chi connectivity index (χ1n) is 3.81. The second-order valence-corrected chi connectivity index (χ2v) is 5.11. The molecule has 1 rings (SSSR count). The fourth-order valence-electron chi connectivity index (χ4n) is 0.857. The molecule has 1 aromatic carbocycles. The van der Waals surface area contributed by atoms with Crippen molar-refractivity contribution in [1.29, 1.82) is 0 Å². The third-order valence-corrected chi connectivity index (χ3v) is 2.94. The number of amides is 1. The minimum atomic E-state index is -0.298. The van der Waals surface area contributed by atoms with Crippen molar-refractivity contribution in [2.75, 3.05) is 0 Å². The second kappa shape index (κ2) is 5.61. The average Bonchev–Trinajstić information content (AvgIpc) is 2.18. The molecule has 0 radical (unpaired) electrons. The molecule has 4 N–H and O–H groups in total. The largest absolute Gasteiger partial charge is 0.375 e. The molecule has 1 amide bonds. The lowest BCUT2D eigenvalue weighted by Gasteiger charge is -2.07. The topological polar surface area (TPSA) is 67.2 Å². The summed E-state index contributed by atoms with van der Waals surface area (Å²) in [6.45, 7) is 0. The van der Waals surface area contributed by atoms with E-state index in [1.54, 1.807) is 12.1 Å². The van der Waals surface area contributed by atoms with E-state index in [1.807, 2.05) is 6.07 Å². The van der Waals surface area contributed by atoms with Gasteiger partial charge in [-0.1, -0.05) is 0 Å². The predicted octanol–water partition coefficient (Wildman–Crippen LogP) is 1.53. The van der Waals surface area contributed by atoms with Crippen molar-refractivity contribution in [3.05, 3.63) is 31.8 Å². The monoisotopic (exact) mass is 399 g/mol. The SMILES string of the molecule is NC(=S)NNC(=O)c1cc(I)ccc1Br. The van der Waals surface area contributed by atoms with E-state index in [0.29, 0.717) is 10.0 Å². The van der Waals surface area contributed by atoms with Gasteiger partial charge in [0.25, 0.3) is 5.91 Å². The molecule has 0 atom stereocenters. The van der Waals surface area contributed by atoms with Gasteiger partial charge in [0.2, 0.25) is 0 Å². The van der Waals surface area contributed by atoms with Crippen molar-refractivity contribution in [3.63, 3.8) is 0 Å². The number of halogens is 2. The van der Waals surface area contributed by atoms with Gasteiger partial charge < -0.3 is 5.73 Å². The molecular weight excluding hydrogens is 393 g/mol. The first-order valence-corrected chi connectivity index (χ1v) is 6.09. The number of hydrogen-bond donors (Lipinski definition) is 3. The molecule has 80 valence electrons. The van der Waals surface area contributed by atoms with Crippen molar-refractivity contribution < 1.29 is 4.79 Å². The van der Waals surface area contributed by atoms with Crippen LogP contribution in [-0.2, 0) is 0 Å². The summed E-state index contributed by atoms with van der Waals surface area (Å²) in [5, 5.41) is 0.0186. The quantitative estimate of drug-likeness (QED) is 0.380. The van der Waals surface area contributed by atoms with Gasteiger partial charge in [-0.05, 0) is 68.9 Å². The van der Waals surface area contributed by atoms with Crippen LogP contribution in [-0.4, -0.2) is 11.0 Å². The maximum absolute atomic E-state index is 11.6. The summed E-state index contributed by atoms with van der Waals surface area (Å²) < 4.78 is 1.68. The summed E-state index contributed by atoms with van der Waals surface area (Å²) in [5.41, 5.74) is 10.5. The van der Waals surface area contributed by atoms with E-state index in [1.165, 1.54) is 0 Å². The number of benzene rings is 1. The molecule has 0 aromatic heterocycles. The third-order valence-electron chi connectivity index (χ3n) is 1.47. The highest BCUT2D eigenvalue weighted by atomic mass is 127. The first kappa shape index (κ1) is 12.7. The van der Waals surface area contributed by atoms with Crippen molar-refractivity contribution in [1.82, 2.24) is 10.9 Å². The van der Waals surface area contributed by atoms with Crippen LogP contribution < -0.4 is 16.6 Å². The zero-order chi connectivity index (χ0) is 11.4. The maximum Gasteiger partial charge on any atom is 0.270 e. The van der Waals surface area contributed by atoms with Crippen LogP contribution in [0.25, 0.3) is 0 Å². The average molecular weight is 400 g/mol. The van der Waals surface area contributed by atoms with Gasteiger partial charge in [-0.3, -0.25) is 15.6 Å². The lowest BCUT2D eigenvalue weighted by molar-refractivity contribution is 0.0943. The van der Waals surface area contributed by atoms with Crippen LogP contribution in [0.3, 0.4) is 0 Å². The highest BCUT2D eigenvalue weighted by Gasteiger charge is 2.09. The van der Waals surface area contributed by atoms with Gasteiger partial charge in [-0.2, -0.15) is 0 Å². The lowest BCUT2D eigenvalue weighted by Crippen LogP contribution is -2.44. The number of hydrazine groups is 1. The predicted molar refractivity (Wildman–Crippen MR) is 74.2 cm³/mol. The molecule has 0 heterocycles. The van der Waals surface area contributed by atoms with Gasteiger partial charge >= 0.3 is 0 Å². The number of carbonyl (C=O) groups is 1. The normalized spacial score (nSPS) is 9.47. The van der Waals surface area contributed by atoms with Gasteiger partial charge in [0, 0.05) is 8.04 Å². The molecule has 0 unspecified atom stereocenters. The van der Waals surface area contributed by atoms with E-state index in [-0.39, 0.29) is 11.0 Å². The summed E-state index contributed by atoms with van der Waals surface area (Å²) in [5.74, 6) is -0.298. The van der Waals surface area contributed by atoms with Gasteiger partial charge in [0.15, 0.2) is 5.11 Å². The molecule has 15 heavy (non-hydrogen) atoms. The minimum absolute atomic E-state index is 0.0186. The van der Waals surface area contributed by atoms with E-state index in [4.69, 9.17) is 5.73 Å². The van der Waals surface area contributed by atoms with Crippen LogP contribution in [0.4, 0.5) is 0 Å².